The fraction of sp³-hybridized carbons (Fsp3) is 0.296. The molecule has 0 saturated heterocycles. The number of rotatable bonds is 9. The average molecular weight is 493 g/mol. The number of ether oxygens (including phenoxy) is 2. The van der Waals surface area contributed by atoms with E-state index in [1.807, 2.05) is 30.3 Å². The molecule has 1 aromatic heterocycles. The lowest BCUT2D eigenvalue weighted by molar-refractivity contribution is -0.118. The van der Waals surface area contributed by atoms with Gasteiger partial charge in [0.05, 0.1) is 12.2 Å². The van der Waals surface area contributed by atoms with Crippen molar-refractivity contribution < 1.29 is 23.9 Å². The highest BCUT2D eigenvalue weighted by Crippen LogP contribution is 2.38. The fourth-order valence-electron chi connectivity index (χ4n) is 3.97. The molecule has 2 aromatic carbocycles. The number of hydrogen-bond donors (Lipinski definition) is 2. The number of carbonyl (C=O) groups excluding carboxylic acids is 3. The molecule has 1 aliphatic carbocycles. The molecule has 7 nitrogen and oxygen atoms in total. The molecule has 0 fully saturated rings. The first-order valence-electron chi connectivity index (χ1n) is 11.7. The van der Waals surface area contributed by atoms with Gasteiger partial charge in [-0.3, -0.25) is 9.59 Å². The Bertz CT molecular complexity index is 1190. The van der Waals surface area contributed by atoms with Gasteiger partial charge in [-0.05, 0) is 68.0 Å². The molecule has 0 radical (unpaired) electrons. The van der Waals surface area contributed by atoms with Gasteiger partial charge < -0.3 is 20.1 Å². The van der Waals surface area contributed by atoms with Crippen LogP contribution in [0, 0.1) is 0 Å². The van der Waals surface area contributed by atoms with Gasteiger partial charge in [-0.25, -0.2) is 4.79 Å². The van der Waals surface area contributed by atoms with Crippen LogP contribution in [0.2, 0.25) is 0 Å². The van der Waals surface area contributed by atoms with Crippen molar-refractivity contribution in [1.29, 1.82) is 0 Å². The molecule has 2 N–H and O–H groups in total. The van der Waals surface area contributed by atoms with Crippen LogP contribution < -0.4 is 15.4 Å². The molecular formula is C27H28N2O5S. The van der Waals surface area contributed by atoms with E-state index in [0.29, 0.717) is 28.4 Å². The summed E-state index contributed by atoms with van der Waals surface area (Å²) < 4.78 is 10.8. The van der Waals surface area contributed by atoms with Crippen LogP contribution >= 0.6 is 11.3 Å². The van der Waals surface area contributed by atoms with E-state index in [4.69, 9.17) is 9.47 Å². The number of hydrogen-bond acceptors (Lipinski definition) is 6. The number of carbonyl (C=O) groups is 3. The van der Waals surface area contributed by atoms with Gasteiger partial charge in [0.1, 0.15) is 10.8 Å². The predicted molar refractivity (Wildman–Crippen MR) is 135 cm³/mol. The Hall–Kier alpha value is -3.65. The Labute approximate surface area is 208 Å². The van der Waals surface area contributed by atoms with Crippen LogP contribution in [0.25, 0.3) is 0 Å². The standard InChI is InChI=1S/C27H28N2O5S/c1-2-33-27(32)24-21-10-6-7-11-22(21)35-26(24)29-23(30)17-34-20-14-12-19(13-15-20)25(31)28-16-18-8-4-3-5-9-18/h3-5,8-9,12-15H,2,6-7,10-11,16-17H2,1H3,(H,28,31)(H,29,30). The summed E-state index contributed by atoms with van der Waals surface area (Å²) in [6, 6.07) is 16.3. The lowest BCUT2D eigenvalue weighted by Gasteiger charge is -2.12. The number of benzene rings is 2. The highest BCUT2D eigenvalue weighted by Gasteiger charge is 2.27. The Morgan fingerprint density at radius 3 is 2.46 bits per heavy atom. The summed E-state index contributed by atoms with van der Waals surface area (Å²) in [7, 11) is 0. The van der Waals surface area contributed by atoms with Gasteiger partial charge in [-0.1, -0.05) is 30.3 Å². The summed E-state index contributed by atoms with van der Waals surface area (Å²) in [4.78, 5) is 38.6. The van der Waals surface area contributed by atoms with Gasteiger partial charge >= 0.3 is 5.97 Å². The van der Waals surface area contributed by atoms with Crippen LogP contribution in [-0.2, 0) is 28.9 Å². The molecule has 8 heteroatoms. The van der Waals surface area contributed by atoms with E-state index in [0.717, 1.165) is 41.7 Å². The molecule has 3 aromatic rings. The second kappa shape index (κ2) is 11.7. The topological polar surface area (TPSA) is 93.7 Å². The van der Waals surface area contributed by atoms with E-state index in [-0.39, 0.29) is 25.0 Å². The number of nitrogens with one attached hydrogen (secondary N) is 2. The fourth-order valence-corrected chi connectivity index (χ4v) is 5.26. The second-order valence-corrected chi connectivity index (χ2v) is 9.27. The van der Waals surface area contributed by atoms with E-state index in [9.17, 15) is 14.4 Å². The van der Waals surface area contributed by atoms with E-state index < -0.39 is 5.97 Å². The van der Waals surface area contributed by atoms with Gasteiger partial charge in [0.2, 0.25) is 0 Å². The van der Waals surface area contributed by atoms with Crippen molar-refractivity contribution >= 4 is 34.1 Å². The molecule has 1 aliphatic rings. The molecule has 0 bridgehead atoms. The third kappa shape index (κ3) is 6.27. The van der Waals surface area contributed by atoms with E-state index in [1.165, 1.54) is 11.3 Å². The van der Waals surface area contributed by atoms with Crippen molar-refractivity contribution in [2.45, 2.75) is 39.2 Å². The summed E-state index contributed by atoms with van der Waals surface area (Å²) in [5, 5.41) is 6.23. The molecule has 35 heavy (non-hydrogen) atoms. The molecule has 4 rings (SSSR count). The third-order valence-corrected chi connectivity index (χ3v) is 6.89. The summed E-state index contributed by atoms with van der Waals surface area (Å²) in [5.41, 5.74) is 2.99. The van der Waals surface area contributed by atoms with Crippen LogP contribution in [0.1, 0.15) is 56.5 Å². The van der Waals surface area contributed by atoms with E-state index in [2.05, 4.69) is 10.6 Å². The van der Waals surface area contributed by atoms with Crippen molar-refractivity contribution in [2.24, 2.45) is 0 Å². The van der Waals surface area contributed by atoms with Crippen LogP contribution in [0.5, 0.6) is 5.75 Å². The predicted octanol–water partition coefficient (Wildman–Crippen LogP) is 4.75. The Morgan fingerprint density at radius 2 is 1.71 bits per heavy atom. The Balaban J connectivity index is 1.32. The third-order valence-electron chi connectivity index (χ3n) is 5.69. The average Bonchev–Trinajstić information content (AvgIpc) is 3.25. The van der Waals surface area contributed by atoms with Gasteiger partial charge in [0.15, 0.2) is 6.61 Å². The smallest absolute Gasteiger partial charge is 0.341 e. The maximum absolute atomic E-state index is 12.6. The number of amides is 2. The van der Waals surface area contributed by atoms with E-state index in [1.54, 1.807) is 31.2 Å². The molecule has 0 aliphatic heterocycles. The summed E-state index contributed by atoms with van der Waals surface area (Å²) in [6.07, 6.45) is 3.82. The zero-order chi connectivity index (χ0) is 24.6. The van der Waals surface area contributed by atoms with Crippen molar-refractivity contribution in [3.8, 4) is 5.75 Å². The van der Waals surface area contributed by atoms with Gasteiger partial charge in [0.25, 0.3) is 11.8 Å². The monoisotopic (exact) mass is 492 g/mol. The van der Waals surface area contributed by atoms with Crippen LogP contribution in [0.15, 0.2) is 54.6 Å². The summed E-state index contributed by atoms with van der Waals surface area (Å²) >= 11 is 1.44. The largest absolute Gasteiger partial charge is 0.484 e. The number of esters is 1. The summed E-state index contributed by atoms with van der Waals surface area (Å²) in [6.45, 7) is 2.27. The SMILES string of the molecule is CCOC(=O)c1c(NC(=O)COc2ccc(C(=O)NCc3ccccc3)cc2)sc2c1CCCC2. The minimum Gasteiger partial charge on any atom is -0.484 e. The highest BCUT2D eigenvalue weighted by molar-refractivity contribution is 7.17. The minimum absolute atomic E-state index is 0.189. The highest BCUT2D eigenvalue weighted by atomic mass is 32.1. The molecule has 1 heterocycles. The van der Waals surface area contributed by atoms with Crippen LogP contribution in [0.4, 0.5) is 5.00 Å². The lowest BCUT2D eigenvalue weighted by Crippen LogP contribution is -2.23. The van der Waals surface area contributed by atoms with E-state index >= 15 is 0 Å². The molecular weight excluding hydrogens is 464 g/mol. The first kappa shape index (κ1) is 24.5. The second-order valence-electron chi connectivity index (χ2n) is 8.16. The van der Waals surface area contributed by atoms with Crippen molar-refractivity contribution in [3.05, 3.63) is 81.7 Å². The quantitative estimate of drug-likeness (QED) is 0.421. The van der Waals surface area contributed by atoms with Crippen molar-refractivity contribution in [2.75, 3.05) is 18.5 Å². The molecule has 0 spiro atoms. The number of thiophene rings is 1. The maximum atomic E-state index is 12.6. The molecule has 2 amide bonds. The van der Waals surface area contributed by atoms with Crippen molar-refractivity contribution in [3.63, 3.8) is 0 Å². The zero-order valence-corrected chi connectivity index (χ0v) is 20.4. The first-order chi connectivity index (χ1) is 17.0. The number of fused-ring (bicyclic) bond motifs is 1. The lowest BCUT2D eigenvalue weighted by atomic mass is 9.95. The van der Waals surface area contributed by atoms with Crippen molar-refractivity contribution in [1.82, 2.24) is 5.32 Å². The summed E-state index contributed by atoms with van der Waals surface area (Å²) in [5.74, 6) is -0.481. The normalized spacial score (nSPS) is 12.4. The Morgan fingerprint density at radius 1 is 0.971 bits per heavy atom. The number of anilines is 1. The zero-order valence-electron chi connectivity index (χ0n) is 19.6. The molecule has 182 valence electrons. The number of aryl methyl sites for hydroxylation is 1. The van der Waals surface area contributed by atoms with Crippen LogP contribution in [-0.4, -0.2) is 31.0 Å². The van der Waals surface area contributed by atoms with Gasteiger partial charge in [-0.15, -0.1) is 11.3 Å². The molecule has 0 atom stereocenters. The maximum Gasteiger partial charge on any atom is 0.341 e. The van der Waals surface area contributed by atoms with Gasteiger partial charge in [0, 0.05) is 17.0 Å². The first-order valence-corrected chi connectivity index (χ1v) is 12.5. The van der Waals surface area contributed by atoms with Crippen LogP contribution in [0.3, 0.4) is 0 Å². The minimum atomic E-state index is -0.399. The Kier molecular flexibility index (Phi) is 8.15. The molecule has 0 saturated carbocycles. The van der Waals surface area contributed by atoms with Gasteiger partial charge in [-0.2, -0.15) is 0 Å². The molecule has 0 unspecified atom stereocenters.